The van der Waals surface area contributed by atoms with Crippen LogP contribution in [0.4, 0.5) is 4.39 Å². The average molecular weight is 129 g/mol. The first kappa shape index (κ1) is 6.75. The number of hydrogen-bond donors (Lipinski definition) is 1. The summed E-state index contributed by atoms with van der Waals surface area (Å²) in [6, 6.07) is 0. The standard InChI is InChI=1S/C7H12FN/c1-2-6-3-4-7(8)9-5-6/h2,7,9H,3-5H2,1H3/b6-2-. The SMILES string of the molecule is C/C=C1/CCC(F)NC1. The van der Waals surface area contributed by atoms with Gasteiger partial charge in [-0.1, -0.05) is 11.6 Å². The van der Waals surface area contributed by atoms with Gasteiger partial charge in [0.2, 0.25) is 0 Å². The number of hydrogen-bond acceptors (Lipinski definition) is 1. The Morgan fingerprint density at radius 2 is 2.56 bits per heavy atom. The minimum Gasteiger partial charge on any atom is -0.284 e. The summed E-state index contributed by atoms with van der Waals surface area (Å²) in [6.45, 7) is 2.73. The Morgan fingerprint density at radius 1 is 1.78 bits per heavy atom. The van der Waals surface area contributed by atoms with Gasteiger partial charge in [-0.15, -0.1) is 0 Å². The van der Waals surface area contributed by atoms with Crippen LogP contribution in [-0.4, -0.2) is 12.8 Å². The molecule has 1 atom stereocenters. The molecule has 1 N–H and O–H groups in total. The first-order valence-electron chi connectivity index (χ1n) is 3.34. The van der Waals surface area contributed by atoms with Crippen molar-refractivity contribution in [3.8, 4) is 0 Å². The molecule has 1 aliphatic rings. The highest BCUT2D eigenvalue weighted by Crippen LogP contribution is 2.12. The lowest BCUT2D eigenvalue weighted by Crippen LogP contribution is -2.31. The molecule has 0 spiro atoms. The molecule has 0 bridgehead atoms. The van der Waals surface area contributed by atoms with E-state index in [9.17, 15) is 4.39 Å². The van der Waals surface area contributed by atoms with E-state index in [1.54, 1.807) is 0 Å². The van der Waals surface area contributed by atoms with Crippen LogP contribution >= 0.6 is 0 Å². The van der Waals surface area contributed by atoms with Crippen molar-refractivity contribution < 1.29 is 4.39 Å². The zero-order valence-corrected chi connectivity index (χ0v) is 5.65. The number of alkyl halides is 1. The van der Waals surface area contributed by atoms with Gasteiger partial charge in [0.25, 0.3) is 0 Å². The maximum absolute atomic E-state index is 12.4. The maximum atomic E-state index is 12.4. The molecule has 9 heavy (non-hydrogen) atoms. The molecule has 1 fully saturated rings. The highest BCUT2D eigenvalue weighted by Gasteiger charge is 2.12. The molecular weight excluding hydrogens is 117 g/mol. The van der Waals surface area contributed by atoms with Gasteiger partial charge in [0, 0.05) is 6.54 Å². The lowest BCUT2D eigenvalue weighted by Gasteiger charge is -2.18. The van der Waals surface area contributed by atoms with Crippen molar-refractivity contribution in [1.29, 1.82) is 0 Å². The molecule has 1 heterocycles. The summed E-state index contributed by atoms with van der Waals surface area (Å²) in [5, 5.41) is 2.75. The van der Waals surface area contributed by atoms with E-state index in [4.69, 9.17) is 0 Å². The molecule has 1 aliphatic heterocycles. The molecule has 52 valence electrons. The minimum atomic E-state index is -0.770. The van der Waals surface area contributed by atoms with Crippen molar-refractivity contribution in [3.63, 3.8) is 0 Å². The fourth-order valence-electron chi connectivity index (χ4n) is 0.991. The van der Waals surface area contributed by atoms with E-state index in [-0.39, 0.29) is 0 Å². The van der Waals surface area contributed by atoms with Crippen LogP contribution in [0.2, 0.25) is 0 Å². The van der Waals surface area contributed by atoms with Crippen LogP contribution < -0.4 is 5.32 Å². The molecule has 0 aromatic heterocycles. The van der Waals surface area contributed by atoms with E-state index >= 15 is 0 Å². The predicted molar refractivity (Wildman–Crippen MR) is 35.9 cm³/mol. The Labute approximate surface area is 54.9 Å². The molecule has 0 saturated carbocycles. The third kappa shape index (κ3) is 1.79. The number of rotatable bonds is 0. The van der Waals surface area contributed by atoms with Crippen LogP contribution in [0.15, 0.2) is 11.6 Å². The van der Waals surface area contributed by atoms with Crippen molar-refractivity contribution in [2.45, 2.75) is 26.1 Å². The van der Waals surface area contributed by atoms with Gasteiger partial charge in [-0.05, 0) is 19.8 Å². The summed E-state index contributed by atoms with van der Waals surface area (Å²) in [6.07, 6.45) is 2.84. The summed E-state index contributed by atoms with van der Waals surface area (Å²) in [5.74, 6) is 0. The van der Waals surface area contributed by atoms with Crippen molar-refractivity contribution in [2.75, 3.05) is 6.54 Å². The van der Waals surface area contributed by atoms with Gasteiger partial charge in [-0.3, -0.25) is 5.32 Å². The van der Waals surface area contributed by atoms with Crippen LogP contribution in [0.5, 0.6) is 0 Å². The second-order valence-corrected chi connectivity index (χ2v) is 2.33. The van der Waals surface area contributed by atoms with Crippen LogP contribution in [0.25, 0.3) is 0 Å². The zero-order chi connectivity index (χ0) is 6.69. The lowest BCUT2D eigenvalue weighted by molar-refractivity contribution is 0.245. The van der Waals surface area contributed by atoms with Gasteiger partial charge in [-0.2, -0.15) is 0 Å². The monoisotopic (exact) mass is 129 g/mol. The van der Waals surface area contributed by atoms with Crippen molar-refractivity contribution in [1.82, 2.24) is 5.32 Å². The third-order valence-electron chi connectivity index (χ3n) is 1.68. The van der Waals surface area contributed by atoms with Gasteiger partial charge >= 0.3 is 0 Å². The summed E-state index contributed by atoms with van der Waals surface area (Å²) >= 11 is 0. The molecule has 2 heteroatoms. The van der Waals surface area contributed by atoms with Gasteiger partial charge in [0.15, 0.2) is 6.30 Å². The summed E-state index contributed by atoms with van der Waals surface area (Å²) in [4.78, 5) is 0. The van der Waals surface area contributed by atoms with E-state index in [0.717, 1.165) is 13.0 Å². The highest BCUT2D eigenvalue weighted by molar-refractivity contribution is 5.05. The van der Waals surface area contributed by atoms with Crippen LogP contribution in [0.1, 0.15) is 19.8 Å². The number of piperidine rings is 1. The van der Waals surface area contributed by atoms with E-state index in [0.29, 0.717) is 6.42 Å². The number of allylic oxidation sites excluding steroid dienone is 1. The molecule has 1 nitrogen and oxygen atoms in total. The largest absolute Gasteiger partial charge is 0.284 e. The maximum Gasteiger partial charge on any atom is 0.151 e. The Hall–Kier alpha value is -0.370. The molecular formula is C7H12FN. The van der Waals surface area contributed by atoms with E-state index < -0.39 is 6.30 Å². The van der Waals surface area contributed by atoms with Crippen molar-refractivity contribution in [3.05, 3.63) is 11.6 Å². The molecule has 0 aromatic rings. The first-order chi connectivity index (χ1) is 4.33. The first-order valence-corrected chi connectivity index (χ1v) is 3.34. The molecule has 0 aromatic carbocycles. The van der Waals surface area contributed by atoms with E-state index in [2.05, 4.69) is 11.4 Å². The fourth-order valence-corrected chi connectivity index (χ4v) is 0.991. The molecule has 0 aliphatic carbocycles. The van der Waals surface area contributed by atoms with E-state index in [1.165, 1.54) is 5.57 Å². The zero-order valence-electron chi connectivity index (χ0n) is 5.65. The van der Waals surface area contributed by atoms with Crippen LogP contribution in [-0.2, 0) is 0 Å². The molecule has 1 rings (SSSR count). The Bertz CT molecular complexity index is 110. The lowest BCUT2D eigenvalue weighted by atomic mass is 10.1. The topological polar surface area (TPSA) is 12.0 Å². The quantitative estimate of drug-likeness (QED) is 0.387. The average Bonchev–Trinajstić information content (AvgIpc) is 1.90. The predicted octanol–water partition coefficient (Wildman–Crippen LogP) is 1.61. The van der Waals surface area contributed by atoms with Crippen LogP contribution in [0, 0.1) is 0 Å². The number of nitrogens with one attached hydrogen (secondary N) is 1. The van der Waals surface area contributed by atoms with Gasteiger partial charge in [0.05, 0.1) is 0 Å². The normalized spacial score (nSPS) is 33.1. The fraction of sp³-hybridized carbons (Fsp3) is 0.714. The van der Waals surface area contributed by atoms with E-state index in [1.807, 2.05) is 6.92 Å². The molecule has 1 saturated heterocycles. The molecule has 0 radical (unpaired) electrons. The van der Waals surface area contributed by atoms with Gasteiger partial charge in [0.1, 0.15) is 0 Å². The Kier molecular flexibility index (Phi) is 2.22. The van der Waals surface area contributed by atoms with Gasteiger partial charge < -0.3 is 0 Å². The van der Waals surface area contributed by atoms with Crippen LogP contribution in [0.3, 0.4) is 0 Å². The molecule has 1 unspecified atom stereocenters. The smallest absolute Gasteiger partial charge is 0.151 e. The summed E-state index contributed by atoms with van der Waals surface area (Å²) in [7, 11) is 0. The third-order valence-corrected chi connectivity index (χ3v) is 1.68. The van der Waals surface area contributed by atoms with Crippen molar-refractivity contribution >= 4 is 0 Å². The summed E-state index contributed by atoms with van der Waals surface area (Å²) in [5.41, 5.74) is 1.32. The number of halogens is 1. The highest BCUT2D eigenvalue weighted by atomic mass is 19.1. The second kappa shape index (κ2) is 2.97. The van der Waals surface area contributed by atoms with Gasteiger partial charge in [-0.25, -0.2) is 4.39 Å². The molecule has 0 amide bonds. The summed E-state index contributed by atoms with van der Waals surface area (Å²) < 4.78 is 12.4. The Morgan fingerprint density at radius 3 is 3.00 bits per heavy atom. The van der Waals surface area contributed by atoms with Crippen molar-refractivity contribution in [2.24, 2.45) is 0 Å². The minimum absolute atomic E-state index is 0.639. The second-order valence-electron chi connectivity index (χ2n) is 2.33. The Balaban J connectivity index is 2.35.